The second-order valence-corrected chi connectivity index (χ2v) is 5.78. The highest BCUT2D eigenvalue weighted by atomic mass is 16.3. The second-order valence-electron chi connectivity index (χ2n) is 5.78. The zero-order valence-electron chi connectivity index (χ0n) is 12.3. The predicted molar refractivity (Wildman–Crippen MR) is 81.8 cm³/mol. The van der Waals surface area contributed by atoms with Gasteiger partial charge in [0, 0.05) is 37.6 Å². The average Bonchev–Trinajstić information content (AvgIpc) is 2.85. The number of piperazine rings is 1. The van der Waals surface area contributed by atoms with Crippen LogP contribution in [0.2, 0.25) is 0 Å². The Morgan fingerprint density at radius 3 is 2.95 bits per heavy atom. The minimum absolute atomic E-state index is 0.582. The number of rotatable bonds is 4. The van der Waals surface area contributed by atoms with Crippen molar-refractivity contribution in [2.24, 2.45) is 0 Å². The van der Waals surface area contributed by atoms with Gasteiger partial charge in [-0.25, -0.2) is 0 Å². The van der Waals surface area contributed by atoms with Crippen LogP contribution in [-0.4, -0.2) is 56.1 Å². The molecule has 0 aliphatic carbocycles. The zero-order valence-corrected chi connectivity index (χ0v) is 12.3. The molecule has 1 saturated heterocycles. The van der Waals surface area contributed by atoms with E-state index in [-0.39, 0.29) is 0 Å². The standard InChI is InChI=1S/C16H23N3O/c1-18-7-8-19(2)14(12-18)10-17-11-15-9-13-5-3-4-6-16(13)20-15/h3-6,9,14,17H,7-8,10-12H2,1-2H3. The highest BCUT2D eigenvalue weighted by Crippen LogP contribution is 2.18. The van der Waals surface area contributed by atoms with E-state index in [9.17, 15) is 0 Å². The van der Waals surface area contributed by atoms with Gasteiger partial charge >= 0.3 is 0 Å². The monoisotopic (exact) mass is 273 g/mol. The fourth-order valence-electron chi connectivity index (χ4n) is 2.81. The molecule has 1 aromatic carbocycles. The molecule has 0 bridgehead atoms. The fraction of sp³-hybridized carbons (Fsp3) is 0.500. The predicted octanol–water partition coefficient (Wildman–Crippen LogP) is 1.77. The first-order valence-electron chi connectivity index (χ1n) is 7.29. The maximum atomic E-state index is 5.82. The number of hydrogen-bond acceptors (Lipinski definition) is 4. The molecule has 0 amide bonds. The van der Waals surface area contributed by atoms with E-state index in [0.29, 0.717) is 6.04 Å². The summed E-state index contributed by atoms with van der Waals surface area (Å²) in [6.45, 7) is 5.23. The molecule has 1 atom stereocenters. The summed E-state index contributed by atoms with van der Waals surface area (Å²) in [4.78, 5) is 4.83. The van der Waals surface area contributed by atoms with Crippen LogP contribution < -0.4 is 5.32 Å². The molecule has 0 saturated carbocycles. The number of nitrogens with one attached hydrogen (secondary N) is 1. The van der Waals surface area contributed by atoms with E-state index in [1.54, 1.807) is 0 Å². The lowest BCUT2D eigenvalue weighted by Crippen LogP contribution is -2.53. The Balaban J connectivity index is 1.54. The minimum Gasteiger partial charge on any atom is -0.460 e. The third-order valence-electron chi connectivity index (χ3n) is 4.14. The molecular formula is C16H23N3O. The average molecular weight is 273 g/mol. The van der Waals surface area contributed by atoms with Gasteiger partial charge < -0.3 is 14.6 Å². The van der Waals surface area contributed by atoms with Crippen LogP contribution in [-0.2, 0) is 6.54 Å². The smallest absolute Gasteiger partial charge is 0.134 e. The van der Waals surface area contributed by atoms with E-state index in [2.05, 4.69) is 41.3 Å². The van der Waals surface area contributed by atoms with Gasteiger partial charge in [0.25, 0.3) is 0 Å². The van der Waals surface area contributed by atoms with Gasteiger partial charge in [0.2, 0.25) is 0 Å². The van der Waals surface area contributed by atoms with Crippen molar-refractivity contribution in [1.82, 2.24) is 15.1 Å². The van der Waals surface area contributed by atoms with Crippen molar-refractivity contribution in [3.05, 3.63) is 36.1 Å². The highest BCUT2D eigenvalue weighted by molar-refractivity contribution is 5.77. The minimum atomic E-state index is 0.582. The Hall–Kier alpha value is -1.36. The first-order chi connectivity index (χ1) is 9.72. The highest BCUT2D eigenvalue weighted by Gasteiger charge is 2.21. The summed E-state index contributed by atoms with van der Waals surface area (Å²) in [6.07, 6.45) is 0. The largest absolute Gasteiger partial charge is 0.460 e. The number of hydrogen-bond donors (Lipinski definition) is 1. The van der Waals surface area contributed by atoms with E-state index in [0.717, 1.165) is 44.1 Å². The molecule has 4 heteroatoms. The normalized spacial score (nSPS) is 21.6. The molecule has 20 heavy (non-hydrogen) atoms. The van der Waals surface area contributed by atoms with Crippen LogP contribution in [0.15, 0.2) is 34.7 Å². The summed E-state index contributed by atoms with van der Waals surface area (Å²) in [6, 6.07) is 10.9. The Morgan fingerprint density at radius 2 is 2.10 bits per heavy atom. The van der Waals surface area contributed by atoms with Crippen LogP contribution in [0.25, 0.3) is 11.0 Å². The SMILES string of the molecule is CN1CCN(C)C(CNCc2cc3ccccc3o2)C1. The molecule has 0 radical (unpaired) electrons. The zero-order chi connectivity index (χ0) is 13.9. The maximum Gasteiger partial charge on any atom is 0.134 e. The molecule has 4 nitrogen and oxygen atoms in total. The van der Waals surface area contributed by atoms with E-state index >= 15 is 0 Å². The van der Waals surface area contributed by atoms with Crippen molar-refractivity contribution < 1.29 is 4.42 Å². The molecule has 0 spiro atoms. The Morgan fingerprint density at radius 1 is 1.25 bits per heavy atom. The van der Waals surface area contributed by atoms with E-state index < -0.39 is 0 Å². The summed E-state index contributed by atoms with van der Waals surface area (Å²) in [5, 5.41) is 4.70. The van der Waals surface area contributed by atoms with E-state index in [1.807, 2.05) is 18.2 Å². The van der Waals surface area contributed by atoms with Crippen LogP contribution in [0, 0.1) is 0 Å². The van der Waals surface area contributed by atoms with Crippen LogP contribution in [0.3, 0.4) is 0 Å². The number of benzene rings is 1. The Kier molecular flexibility index (Phi) is 4.05. The summed E-state index contributed by atoms with van der Waals surface area (Å²) >= 11 is 0. The molecule has 1 N–H and O–H groups in total. The number of para-hydroxylation sites is 1. The molecule has 2 aromatic rings. The van der Waals surface area contributed by atoms with Gasteiger partial charge in [-0.2, -0.15) is 0 Å². The molecule has 1 unspecified atom stereocenters. The summed E-state index contributed by atoms with van der Waals surface area (Å²) in [5.74, 6) is 1.01. The number of likely N-dealkylation sites (N-methyl/N-ethyl adjacent to an activating group) is 2. The molecule has 2 heterocycles. The Labute approximate surface area is 120 Å². The summed E-state index contributed by atoms with van der Waals surface area (Å²) < 4.78 is 5.82. The fourth-order valence-corrected chi connectivity index (χ4v) is 2.81. The van der Waals surface area contributed by atoms with Gasteiger partial charge in [-0.3, -0.25) is 4.90 Å². The van der Waals surface area contributed by atoms with Gasteiger partial charge in [-0.05, 0) is 26.2 Å². The van der Waals surface area contributed by atoms with Gasteiger partial charge in [-0.1, -0.05) is 18.2 Å². The lowest BCUT2D eigenvalue weighted by atomic mass is 10.2. The maximum absolute atomic E-state index is 5.82. The molecule has 1 fully saturated rings. The summed E-state index contributed by atoms with van der Waals surface area (Å²) in [7, 11) is 4.40. The van der Waals surface area contributed by atoms with Gasteiger partial charge in [0.1, 0.15) is 11.3 Å². The Bertz CT molecular complexity index is 533. The van der Waals surface area contributed by atoms with E-state index in [1.165, 1.54) is 5.39 Å². The van der Waals surface area contributed by atoms with Crippen LogP contribution in [0.5, 0.6) is 0 Å². The number of fused-ring (bicyclic) bond motifs is 1. The van der Waals surface area contributed by atoms with Crippen molar-refractivity contribution >= 4 is 11.0 Å². The number of furan rings is 1. The lowest BCUT2D eigenvalue weighted by molar-refractivity contribution is 0.113. The molecular weight excluding hydrogens is 250 g/mol. The van der Waals surface area contributed by atoms with Gasteiger partial charge in [0.15, 0.2) is 0 Å². The molecule has 3 rings (SSSR count). The third-order valence-corrected chi connectivity index (χ3v) is 4.14. The molecule has 1 aromatic heterocycles. The third kappa shape index (κ3) is 3.03. The lowest BCUT2D eigenvalue weighted by Gasteiger charge is -2.37. The first kappa shape index (κ1) is 13.6. The second kappa shape index (κ2) is 5.95. The quantitative estimate of drug-likeness (QED) is 0.920. The summed E-state index contributed by atoms with van der Waals surface area (Å²) in [5.41, 5.74) is 0.971. The van der Waals surface area contributed by atoms with Crippen LogP contribution in [0.4, 0.5) is 0 Å². The van der Waals surface area contributed by atoms with E-state index in [4.69, 9.17) is 4.42 Å². The van der Waals surface area contributed by atoms with Crippen molar-refractivity contribution in [2.45, 2.75) is 12.6 Å². The first-order valence-corrected chi connectivity index (χ1v) is 7.29. The van der Waals surface area contributed by atoms with Crippen LogP contribution >= 0.6 is 0 Å². The molecule has 1 aliphatic heterocycles. The molecule has 1 aliphatic rings. The van der Waals surface area contributed by atoms with Crippen LogP contribution in [0.1, 0.15) is 5.76 Å². The van der Waals surface area contributed by atoms with Crippen molar-refractivity contribution in [3.8, 4) is 0 Å². The van der Waals surface area contributed by atoms with Crippen molar-refractivity contribution in [1.29, 1.82) is 0 Å². The molecule has 108 valence electrons. The van der Waals surface area contributed by atoms with Crippen molar-refractivity contribution in [3.63, 3.8) is 0 Å². The van der Waals surface area contributed by atoms with Crippen molar-refractivity contribution in [2.75, 3.05) is 40.3 Å². The topological polar surface area (TPSA) is 31.6 Å². The number of nitrogens with zero attached hydrogens (tertiary/aromatic N) is 2. The van der Waals surface area contributed by atoms with Gasteiger partial charge in [-0.15, -0.1) is 0 Å². The van der Waals surface area contributed by atoms with Gasteiger partial charge in [0.05, 0.1) is 6.54 Å².